The molecule has 1 aromatic carbocycles. The van der Waals surface area contributed by atoms with Crippen LogP contribution in [0.15, 0.2) is 17.5 Å². The van der Waals surface area contributed by atoms with E-state index in [0.717, 1.165) is 12.2 Å². The zero-order chi connectivity index (χ0) is 10.1. The Morgan fingerprint density at radius 1 is 1.36 bits per heavy atom. The van der Waals surface area contributed by atoms with Gasteiger partial charge in [-0.2, -0.15) is 0 Å². The molecule has 74 valence electrons. The number of methoxy groups -OCH3 is 1. The largest absolute Gasteiger partial charge is 0.495 e. The third kappa shape index (κ3) is 1.30. The van der Waals surface area contributed by atoms with Crippen LogP contribution in [0.5, 0.6) is 5.75 Å². The lowest BCUT2D eigenvalue weighted by Gasteiger charge is -2.05. The highest BCUT2D eigenvalue weighted by atomic mass is 32.1. The summed E-state index contributed by atoms with van der Waals surface area (Å²) in [5.41, 5.74) is 2.78. The Bertz CT molecular complexity index is 457. The number of ether oxygens (including phenoxy) is 1. The van der Waals surface area contributed by atoms with Crippen LogP contribution in [0.4, 0.5) is 0 Å². The van der Waals surface area contributed by atoms with E-state index in [2.05, 4.69) is 31.4 Å². The van der Waals surface area contributed by atoms with Gasteiger partial charge in [0.05, 0.1) is 7.11 Å². The van der Waals surface area contributed by atoms with E-state index >= 15 is 0 Å². The Balaban J connectivity index is 2.77. The molecular formula is C12H14OS. The molecule has 0 aliphatic rings. The zero-order valence-corrected chi connectivity index (χ0v) is 9.57. The van der Waals surface area contributed by atoms with Gasteiger partial charge in [-0.3, -0.25) is 0 Å². The summed E-state index contributed by atoms with van der Waals surface area (Å²) < 4.78 is 6.67. The Morgan fingerprint density at radius 2 is 2.14 bits per heavy atom. The first-order chi connectivity index (χ1) is 6.77. The van der Waals surface area contributed by atoms with E-state index in [1.807, 2.05) is 0 Å². The molecule has 2 rings (SSSR count). The fourth-order valence-electron chi connectivity index (χ4n) is 1.84. The Kier molecular flexibility index (Phi) is 2.46. The molecule has 14 heavy (non-hydrogen) atoms. The van der Waals surface area contributed by atoms with Crippen LogP contribution in [0.2, 0.25) is 0 Å². The minimum atomic E-state index is 1.01. The highest BCUT2D eigenvalue weighted by Gasteiger charge is 2.09. The van der Waals surface area contributed by atoms with Crippen LogP contribution in [0.3, 0.4) is 0 Å². The molecular weight excluding hydrogens is 192 g/mol. The van der Waals surface area contributed by atoms with Crippen LogP contribution in [0.25, 0.3) is 10.1 Å². The molecule has 0 aliphatic heterocycles. The van der Waals surface area contributed by atoms with E-state index in [4.69, 9.17) is 4.74 Å². The molecule has 2 heteroatoms. The minimum Gasteiger partial charge on any atom is -0.495 e. The van der Waals surface area contributed by atoms with E-state index in [0.29, 0.717) is 0 Å². The van der Waals surface area contributed by atoms with Crippen molar-refractivity contribution in [2.24, 2.45) is 0 Å². The maximum Gasteiger partial charge on any atom is 0.137 e. The second-order valence-electron chi connectivity index (χ2n) is 3.38. The first-order valence-corrected chi connectivity index (χ1v) is 5.69. The third-order valence-corrected chi connectivity index (χ3v) is 3.61. The molecule has 0 aliphatic carbocycles. The van der Waals surface area contributed by atoms with Crippen molar-refractivity contribution in [3.8, 4) is 5.75 Å². The quantitative estimate of drug-likeness (QED) is 0.726. The molecule has 0 radical (unpaired) electrons. The minimum absolute atomic E-state index is 1.01. The Morgan fingerprint density at radius 3 is 2.79 bits per heavy atom. The predicted octanol–water partition coefficient (Wildman–Crippen LogP) is 3.78. The van der Waals surface area contributed by atoms with Crippen molar-refractivity contribution in [3.05, 3.63) is 28.6 Å². The maximum atomic E-state index is 5.36. The summed E-state index contributed by atoms with van der Waals surface area (Å²) in [5.74, 6) is 1.01. The van der Waals surface area contributed by atoms with Gasteiger partial charge in [-0.15, -0.1) is 11.3 Å². The van der Waals surface area contributed by atoms with E-state index in [1.165, 1.54) is 21.2 Å². The van der Waals surface area contributed by atoms with Crippen molar-refractivity contribution >= 4 is 21.4 Å². The summed E-state index contributed by atoms with van der Waals surface area (Å²) in [5, 5.41) is 3.37. The summed E-state index contributed by atoms with van der Waals surface area (Å²) >= 11 is 1.75. The van der Waals surface area contributed by atoms with Crippen LogP contribution in [-0.2, 0) is 6.42 Å². The van der Waals surface area contributed by atoms with Gasteiger partial charge in [0.1, 0.15) is 5.75 Å². The first kappa shape index (κ1) is 9.53. The average Bonchev–Trinajstić information content (AvgIpc) is 2.62. The fourth-order valence-corrected chi connectivity index (χ4v) is 2.81. The van der Waals surface area contributed by atoms with Crippen molar-refractivity contribution in [2.75, 3.05) is 7.11 Å². The Labute approximate surface area is 88.3 Å². The number of aryl methyl sites for hydroxylation is 2. The zero-order valence-electron chi connectivity index (χ0n) is 8.76. The van der Waals surface area contributed by atoms with E-state index in [9.17, 15) is 0 Å². The summed E-state index contributed by atoms with van der Waals surface area (Å²) in [7, 11) is 1.74. The summed E-state index contributed by atoms with van der Waals surface area (Å²) in [6, 6.07) is 4.40. The van der Waals surface area contributed by atoms with Gasteiger partial charge in [-0.25, -0.2) is 0 Å². The van der Waals surface area contributed by atoms with Crippen molar-refractivity contribution in [3.63, 3.8) is 0 Å². The van der Waals surface area contributed by atoms with Gasteiger partial charge < -0.3 is 4.74 Å². The van der Waals surface area contributed by atoms with Crippen molar-refractivity contribution in [1.82, 2.24) is 0 Å². The lowest BCUT2D eigenvalue weighted by atomic mass is 10.0. The van der Waals surface area contributed by atoms with E-state index < -0.39 is 0 Å². The predicted molar refractivity (Wildman–Crippen MR) is 62.5 cm³/mol. The lowest BCUT2D eigenvalue weighted by Crippen LogP contribution is -1.88. The highest BCUT2D eigenvalue weighted by molar-refractivity contribution is 7.17. The number of thiophene rings is 1. The number of hydrogen-bond acceptors (Lipinski definition) is 2. The molecule has 1 nitrogen and oxygen atoms in total. The van der Waals surface area contributed by atoms with Gasteiger partial charge in [-0.05, 0) is 30.5 Å². The van der Waals surface area contributed by atoms with Gasteiger partial charge in [-0.1, -0.05) is 13.0 Å². The van der Waals surface area contributed by atoms with Gasteiger partial charge in [0.2, 0.25) is 0 Å². The van der Waals surface area contributed by atoms with Crippen LogP contribution in [0.1, 0.15) is 18.1 Å². The first-order valence-electron chi connectivity index (χ1n) is 4.81. The molecule has 0 atom stereocenters. The van der Waals surface area contributed by atoms with Gasteiger partial charge in [0.25, 0.3) is 0 Å². The molecule has 1 heterocycles. The molecule has 0 N–H and O–H groups in total. The standard InChI is InChI=1S/C12H14OS/c1-4-9-5-6-11-12(8(9)2)10(13-3)7-14-11/h5-7H,4H2,1-3H3. The van der Waals surface area contributed by atoms with Crippen molar-refractivity contribution in [1.29, 1.82) is 0 Å². The summed E-state index contributed by atoms with van der Waals surface area (Å²) in [4.78, 5) is 0. The van der Waals surface area contributed by atoms with Crippen molar-refractivity contribution < 1.29 is 4.74 Å². The number of fused-ring (bicyclic) bond motifs is 1. The van der Waals surface area contributed by atoms with Gasteiger partial charge >= 0.3 is 0 Å². The lowest BCUT2D eigenvalue weighted by molar-refractivity contribution is 0.421. The SMILES string of the molecule is CCc1ccc2scc(OC)c2c1C. The molecule has 0 saturated heterocycles. The monoisotopic (exact) mass is 206 g/mol. The number of rotatable bonds is 2. The number of hydrogen-bond donors (Lipinski definition) is 0. The molecule has 0 amide bonds. The normalized spacial score (nSPS) is 10.8. The summed E-state index contributed by atoms with van der Waals surface area (Å²) in [6.07, 6.45) is 1.08. The van der Waals surface area contributed by atoms with Crippen LogP contribution in [0, 0.1) is 6.92 Å². The molecule has 0 bridgehead atoms. The van der Waals surface area contributed by atoms with E-state index in [1.54, 1.807) is 18.4 Å². The number of benzene rings is 1. The van der Waals surface area contributed by atoms with Crippen LogP contribution < -0.4 is 4.74 Å². The van der Waals surface area contributed by atoms with Gasteiger partial charge in [0, 0.05) is 15.5 Å². The molecule has 2 aromatic rings. The summed E-state index contributed by atoms with van der Waals surface area (Å²) in [6.45, 7) is 4.36. The smallest absolute Gasteiger partial charge is 0.137 e. The van der Waals surface area contributed by atoms with E-state index in [-0.39, 0.29) is 0 Å². The molecule has 0 unspecified atom stereocenters. The topological polar surface area (TPSA) is 9.23 Å². The molecule has 0 fully saturated rings. The Hall–Kier alpha value is -1.02. The van der Waals surface area contributed by atoms with Crippen LogP contribution in [-0.4, -0.2) is 7.11 Å². The molecule has 1 aromatic heterocycles. The second-order valence-corrected chi connectivity index (χ2v) is 4.29. The third-order valence-electron chi connectivity index (χ3n) is 2.68. The fraction of sp³-hybridized carbons (Fsp3) is 0.333. The van der Waals surface area contributed by atoms with Crippen molar-refractivity contribution in [2.45, 2.75) is 20.3 Å². The highest BCUT2D eigenvalue weighted by Crippen LogP contribution is 2.35. The van der Waals surface area contributed by atoms with Gasteiger partial charge in [0.15, 0.2) is 0 Å². The maximum absolute atomic E-state index is 5.36. The second kappa shape index (κ2) is 3.62. The van der Waals surface area contributed by atoms with Crippen LogP contribution >= 0.6 is 11.3 Å². The molecule has 0 spiro atoms. The molecule has 0 saturated carbocycles. The average molecular weight is 206 g/mol.